The molecular weight excluding hydrogens is 286 g/mol. The number of rotatable bonds is 7. The Labute approximate surface area is 119 Å². The molecule has 0 radical (unpaired) electrons. The van der Waals surface area contributed by atoms with Gasteiger partial charge in [-0.05, 0) is 30.9 Å². The lowest BCUT2D eigenvalue weighted by Crippen LogP contribution is -2.51. The standard InChI is InChI=1S/C12H23NO4S2/c1-17-11(14)12(13)6-3-4-10(12)5-7-18-8-9-19(2,15)16/h10H,3-9,13H2,1-2H3. The predicted molar refractivity (Wildman–Crippen MR) is 77.9 cm³/mol. The summed E-state index contributed by atoms with van der Waals surface area (Å²) in [5.74, 6) is 1.45. The first-order valence-corrected chi connectivity index (χ1v) is 9.64. The number of carbonyl (C=O) groups is 1. The number of hydrogen-bond acceptors (Lipinski definition) is 6. The third kappa shape index (κ3) is 4.96. The molecule has 2 unspecified atom stereocenters. The van der Waals surface area contributed by atoms with E-state index in [4.69, 9.17) is 10.5 Å². The molecule has 0 saturated heterocycles. The van der Waals surface area contributed by atoms with E-state index in [9.17, 15) is 13.2 Å². The van der Waals surface area contributed by atoms with Gasteiger partial charge in [0.1, 0.15) is 15.4 Å². The highest BCUT2D eigenvalue weighted by molar-refractivity contribution is 8.00. The third-order valence-corrected chi connectivity index (χ3v) is 5.87. The van der Waals surface area contributed by atoms with Crippen molar-refractivity contribution in [2.45, 2.75) is 31.2 Å². The summed E-state index contributed by atoms with van der Waals surface area (Å²) in [6, 6.07) is 0. The van der Waals surface area contributed by atoms with Crippen LogP contribution >= 0.6 is 11.8 Å². The molecule has 2 atom stereocenters. The van der Waals surface area contributed by atoms with Crippen LogP contribution in [0.5, 0.6) is 0 Å². The first-order chi connectivity index (χ1) is 8.79. The van der Waals surface area contributed by atoms with Crippen LogP contribution in [0.15, 0.2) is 0 Å². The SMILES string of the molecule is COC(=O)C1(N)CCCC1CCSCCS(C)(=O)=O. The van der Waals surface area contributed by atoms with Gasteiger partial charge in [0.2, 0.25) is 0 Å². The van der Waals surface area contributed by atoms with Gasteiger partial charge < -0.3 is 10.5 Å². The van der Waals surface area contributed by atoms with Gasteiger partial charge in [-0.25, -0.2) is 8.42 Å². The molecule has 0 aromatic carbocycles. The second kappa shape index (κ2) is 6.95. The van der Waals surface area contributed by atoms with Gasteiger partial charge in [-0.3, -0.25) is 4.79 Å². The summed E-state index contributed by atoms with van der Waals surface area (Å²) in [5.41, 5.74) is 5.32. The minimum absolute atomic E-state index is 0.144. The monoisotopic (exact) mass is 309 g/mol. The van der Waals surface area contributed by atoms with Gasteiger partial charge in [-0.2, -0.15) is 11.8 Å². The molecule has 2 N–H and O–H groups in total. The van der Waals surface area contributed by atoms with Crippen LogP contribution in [-0.4, -0.2) is 50.6 Å². The fraction of sp³-hybridized carbons (Fsp3) is 0.917. The summed E-state index contributed by atoms with van der Waals surface area (Å²) < 4.78 is 26.8. The number of sulfone groups is 1. The van der Waals surface area contributed by atoms with Gasteiger partial charge in [0.05, 0.1) is 12.9 Å². The maximum Gasteiger partial charge on any atom is 0.326 e. The van der Waals surface area contributed by atoms with E-state index in [0.717, 1.165) is 25.0 Å². The van der Waals surface area contributed by atoms with Crippen LogP contribution in [-0.2, 0) is 19.4 Å². The van der Waals surface area contributed by atoms with E-state index in [1.54, 1.807) is 11.8 Å². The summed E-state index contributed by atoms with van der Waals surface area (Å²) in [4.78, 5) is 11.7. The van der Waals surface area contributed by atoms with Crippen LogP contribution in [0.25, 0.3) is 0 Å². The average Bonchev–Trinajstić information content (AvgIpc) is 2.69. The fourth-order valence-electron chi connectivity index (χ4n) is 2.50. The van der Waals surface area contributed by atoms with Crippen molar-refractivity contribution in [1.29, 1.82) is 0 Å². The van der Waals surface area contributed by atoms with Crippen LogP contribution in [0.4, 0.5) is 0 Å². The maximum absolute atomic E-state index is 11.7. The van der Waals surface area contributed by atoms with E-state index < -0.39 is 15.4 Å². The highest BCUT2D eigenvalue weighted by Gasteiger charge is 2.46. The minimum atomic E-state index is -2.88. The zero-order valence-electron chi connectivity index (χ0n) is 11.6. The molecule has 0 aromatic rings. The molecule has 0 spiro atoms. The van der Waals surface area contributed by atoms with E-state index in [-0.39, 0.29) is 17.6 Å². The smallest absolute Gasteiger partial charge is 0.326 e. The minimum Gasteiger partial charge on any atom is -0.468 e. The second-order valence-electron chi connectivity index (χ2n) is 5.15. The van der Waals surface area contributed by atoms with Gasteiger partial charge in [0.25, 0.3) is 0 Å². The number of carbonyl (C=O) groups excluding carboxylic acids is 1. The van der Waals surface area contributed by atoms with E-state index in [0.29, 0.717) is 12.2 Å². The van der Waals surface area contributed by atoms with Gasteiger partial charge >= 0.3 is 5.97 Å². The quantitative estimate of drug-likeness (QED) is 0.553. The third-order valence-electron chi connectivity index (χ3n) is 3.65. The van der Waals surface area contributed by atoms with Crippen molar-refractivity contribution in [3.63, 3.8) is 0 Å². The van der Waals surface area contributed by atoms with Crippen molar-refractivity contribution < 1.29 is 17.9 Å². The zero-order valence-corrected chi connectivity index (χ0v) is 13.2. The van der Waals surface area contributed by atoms with Crippen molar-refractivity contribution in [2.75, 3.05) is 30.6 Å². The highest BCUT2D eigenvalue weighted by Crippen LogP contribution is 2.37. The number of thioether (sulfide) groups is 1. The summed E-state index contributed by atoms with van der Waals surface area (Å²) >= 11 is 1.60. The first kappa shape index (κ1) is 16.8. The fourth-order valence-corrected chi connectivity index (χ4v) is 4.84. The predicted octanol–water partition coefficient (Wildman–Crippen LogP) is 0.825. The topological polar surface area (TPSA) is 86.5 Å². The van der Waals surface area contributed by atoms with Gasteiger partial charge in [-0.15, -0.1) is 0 Å². The van der Waals surface area contributed by atoms with Gasteiger partial charge in [0, 0.05) is 12.0 Å². The van der Waals surface area contributed by atoms with E-state index in [2.05, 4.69) is 0 Å². The molecule has 0 heterocycles. The molecule has 0 aliphatic heterocycles. The first-order valence-electron chi connectivity index (χ1n) is 6.42. The summed E-state index contributed by atoms with van der Waals surface area (Å²) in [7, 11) is -1.52. The van der Waals surface area contributed by atoms with Crippen LogP contribution in [0.1, 0.15) is 25.7 Å². The molecule has 1 aliphatic rings. The largest absolute Gasteiger partial charge is 0.468 e. The number of esters is 1. The molecule has 0 amide bonds. The molecule has 0 aromatic heterocycles. The van der Waals surface area contributed by atoms with E-state index in [1.807, 2.05) is 0 Å². The Morgan fingerprint density at radius 2 is 2.16 bits per heavy atom. The van der Waals surface area contributed by atoms with E-state index in [1.165, 1.54) is 13.4 Å². The Hall–Kier alpha value is -0.270. The van der Waals surface area contributed by atoms with Crippen molar-refractivity contribution in [3.8, 4) is 0 Å². The molecule has 1 saturated carbocycles. The van der Waals surface area contributed by atoms with Crippen molar-refractivity contribution in [2.24, 2.45) is 11.7 Å². The normalized spacial score (nSPS) is 27.4. The lowest BCUT2D eigenvalue weighted by Gasteiger charge is -2.28. The molecule has 0 bridgehead atoms. The Bertz CT molecular complexity index is 410. The molecular formula is C12H23NO4S2. The Balaban J connectivity index is 2.34. The van der Waals surface area contributed by atoms with Crippen LogP contribution in [0.2, 0.25) is 0 Å². The summed E-state index contributed by atoms with van der Waals surface area (Å²) in [5, 5.41) is 0. The zero-order chi connectivity index (χ0) is 14.5. The van der Waals surface area contributed by atoms with Gasteiger partial charge in [-0.1, -0.05) is 6.42 Å². The number of methoxy groups -OCH3 is 1. The average molecular weight is 309 g/mol. The number of ether oxygens (including phenoxy) is 1. The van der Waals surface area contributed by atoms with Crippen LogP contribution in [0, 0.1) is 5.92 Å². The summed E-state index contributed by atoms with van der Waals surface area (Å²) in [6.07, 6.45) is 4.65. The molecule has 1 fully saturated rings. The lowest BCUT2D eigenvalue weighted by atomic mass is 9.86. The van der Waals surface area contributed by atoms with Crippen LogP contribution < -0.4 is 5.73 Å². The molecule has 5 nitrogen and oxygen atoms in total. The molecule has 7 heteroatoms. The van der Waals surface area contributed by atoms with Crippen LogP contribution in [0.3, 0.4) is 0 Å². The maximum atomic E-state index is 11.7. The van der Waals surface area contributed by atoms with E-state index >= 15 is 0 Å². The lowest BCUT2D eigenvalue weighted by molar-refractivity contribution is -0.148. The molecule has 112 valence electrons. The second-order valence-corrected chi connectivity index (χ2v) is 8.64. The molecule has 19 heavy (non-hydrogen) atoms. The number of nitrogens with two attached hydrogens (primary N) is 1. The Morgan fingerprint density at radius 3 is 2.74 bits per heavy atom. The number of hydrogen-bond donors (Lipinski definition) is 1. The Morgan fingerprint density at radius 1 is 1.47 bits per heavy atom. The summed E-state index contributed by atoms with van der Waals surface area (Å²) in [6.45, 7) is 0. The van der Waals surface area contributed by atoms with Crippen molar-refractivity contribution in [1.82, 2.24) is 0 Å². The molecule has 1 aliphatic carbocycles. The van der Waals surface area contributed by atoms with Crippen molar-refractivity contribution >= 4 is 27.6 Å². The Kier molecular flexibility index (Phi) is 6.14. The molecule has 1 rings (SSSR count). The van der Waals surface area contributed by atoms with Crippen molar-refractivity contribution in [3.05, 3.63) is 0 Å². The van der Waals surface area contributed by atoms with Gasteiger partial charge in [0.15, 0.2) is 0 Å². The highest BCUT2D eigenvalue weighted by atomic mass is 32.2.